The van der Waals surface area contributed by atoms with E-state index in [1.165, 1.54) is 0 Å². The number of anilines is 1. The number of aromatic nitrogens is 1. The quantitative estimate of drug-likeness (QED) is 0.875. The van der Waals surface area contributed by atoms with Gasteiger partial charge in [-0.2, -0.15) is 5.26 Å². The van der Waals surface area contributed by atoms with Crippen LogP contribution in [0.1, 0.15) is 32.3 Å². The summed E-state index contributed by atoms with van der Waals surface area (Å²) in [6.45, 7) is 7.50. The van der Waals surface area contributed by atoms with Crippen LogP contribution in [0, 0.1) is 23.2 Å². The molecule has 5 heteroatoms. The molecule has 0 aliphatic carbocycles. The average Bonchev–Trinajstić information content (AvgIpc) is 2.68. The molecule has 5 nitrogen and oxygen atoms in total. The van der Waals surface area contributed by atoms with Gasteiger partial charge in [-0.3, -0.25) is 4.79 Å². The van der Waals surface area contributed by atoms with Crippen LogP contribution < -0.4 is 5.32 Å². The van der Waals surface area contributed by atoms with Gasteiger partial charge in [0.05, 0.1) is 11.6 Å². The van der Waals surface area contributed by atoms with Crippen LogP contribution in [0.15, 0.2) is 42.6 Å². The summed E-state index contributed by atoms with van der Waals surface area (Å²) in [7, 11) is 0. The lowest BCUT2D eigenvalue weighted by molar-refractivity contribution is -0.121. The molecular weight excluding hydrogens is 336 g/mol. The van der Waals surface area contributed by atoms with Crippen molar-refractivity contribution in [1.29, 1.82) is 5.26 Å². The van der Waals surface area contributed by atoms with Crippen LogP contribution in [0.2, 0.25) is 0 Å². The fraction of sp³-hybridized carbons (Fsp3) is 0.409. The number of nitrogens with one attached hydrogen (secondary N) is 1. The largest absolute Gasteiger partial charge is 0.310 e. The summed E-state index contributed by atoms with van der Waals surface area (Å²) >= 11 is 0. The third-order valence-electron chi connectivity index (χ3n) is 4.92. The molecule has 2 heterocycles. The van der Waals surface area contributed by atoms with Crippen LogP contribution in [-0.4, -0.2) is 35.4 Å². The summed E-state index contributed by atoms with van der Waals surface area (Å²) < 4.78 is 0. The molecule has 1 aromatic carbocycles. The lowest BCUT2D eigenvalue weighted by Crippen LogP contribution is -2.39. The van der Waals surface area contributed by atoms with E-state index in [-0.39, 0.29) is 11.8 Å². The summed E-state index contributed by atoms with van der Waals surface area (Å²) in [5.41, 5.74) is 2.49. The van der Waals surface area contributed by atoms with E-state index in [1.54, 1.807) is 12.3 Å². The van der Waals surface area contributed by atoms with E-state index in [4.69, 9.17) is 5.26 Å². The Morgan fingerprint density at radius 2 is 2.00 bits per heavy atom. The summed E-state index contributed by atoms with van der Waals surface area (Å²) in [6.07, 6.45) is 3.47. The van der Waals surface area contributed by atoms with Gasteiger partial charge in [-0.15, -0.1) is 0 Å². The molecule has 1 saturated heterocycles. The van der Waals surface area contributed by atoms with E-state index in [1.807, 2.05) is 30.3 Å². The molecule has 0 atom stereocenters. The number of pyridine rings is 1. The van der Waals surface area contributed by atoms with E-state index >= 15 is 0 Å². The predicted molar refractivity (Wildman–Crippen MR) is 107 cm³/mol. The van der Waals surface area contributed by atoms with Gasteiger partial charge in [0, 0.05) is 18.7 Å². The first-order valence-corrected chi connectivity index (χ1v) is 9.55. The standard InChI is InChI=1S/C22H26N4O/c1-16(2)15-26-10-7-18(8-11-26)22(27)25-21-13-20(6-9-24-21)19-5-3-4-17(12-19)14-23/h3-6,9,12-13,16,18H,7-8,10-11,15H2,1-2H3,(H,24,25,27). The van der Waals surface area contributed by atoms with E-state index in [9.17, 15) is 4.79 Å². The second-order valence-corrected chi connectivity index (χ2v) is 7.58. The minimum absolute atomic E-state index is 0.0424. The van der Waals surface area contributed by atoms with Gasteiger partial charge < -0.3 is 10.2 Å². The molecule has 2 aromatic rings. The van der Waals surface area contributed by atoms with Crippen molar-refractivity contribution in [2.75, 3.05) is 25.0 Å². The normalized spacial score (nSPS) is 15.5. The molecule has 1 N–H and O–H groups in total. The molecular formula is C22H26N4O. The number of hydrogen-bond donors (Lipinski definition) is 1. The molecule has 1 aliphatic rings. The topological polar surface area (TPSA) is 69.0 Å². The number of benzene rings is 1. The zero-order valence-electron chi connectivity index (χ0n) is 16.0. The fourth-order valence-corrected chi connectivity index (χ4v) is 3.57. The molecule has 1 amide bonds. The molecule has 3 rings (SSSR count). The second kappa shape index (κ2) is 8.79. The van der Waals surface area contributed by atoms with Crippen LogP contribution in [0.25, 0.3) is 11.1 Å². The minimum atomic E-state index is 0.0424. The van der Waals surface area contributed by atoms with Crippen LogP contribution >= 0.6 is 0 Å². The highest BCUT2D eigenvalue weighted by Gasteiger charge is 2.25. The van der Waals surface area contributed by atoms with E-state index in [0.29, 0.717) is 17.3 Å². The van der Waals surface area contributed by atoms with Gasteiger partial charge in [-0.25, -0.2) is 4.98 Å². The monoisotopic (exact) mass is 362 g/mol. The molecule has 1 fully saturated rings. The van der Waals surface area contributed by atoms with Gasteiger partial charge in [-0.05, 0) is 67.2 Å². The molecule has 140 valence electrons. The summed E-state index contributed by atoms with van der Waals surface area (Å²) in [6, 6.07) is 13.3. The third-order valence-corrected chi connectivity index (χ3v) is 4.92. The maximum absolute atomic E-state index is 12.6. The van der Waals surface area contributed by atoms with Crippen molar-refractivity contribution in [2.24, 2.45) is 11.8 Å². The Morgan fingerprint density at radius 1 is 1.26 bits per heavy atom. The highest BCUT2D eigenvalue weighted by atomic mass is 16.1. The Hall–Kier alpha value is -2.71. The third kappa shape index (κ3) is 5.15. The first-order valence-electron chi connectivity index (χ1n) is 9.55. The lowest BCUT2D eigenvalue weighted by atomic mass is 9.95. The Labute approximate surface area is 161 Å². The number of piperidine rings is 1. The van der Waals surface area contributed by atoms with Crippen molar-refractivity contribution in [3.8, 4) is 17.2 Å². The average molecular weight is 362 g/mol. The molecule has 1 aromatic heterocycles. The number of carbonyl (C=O) groups is 1. The Morgan fingerprint density at radius 3 is 2.70 bits per heavy atom. The Balaban J connectivity index is 1.63. The number of amides is 1. The SMILES string of the molecule is CC(C)CN1CCC(C(=O)Nc2cc(-c3cccc(C#N)c3)ccn2)CC1. The summed E-state index contributed by atoms with van der Waals surface area (Å²) in [5.74, 6) is 1.31. The molecule has 0 spiro atoms. The maximum Gasteiger partial charge on any atom is 0.228 e. The number of rotatable bonds is 5. The number of hydrogen-bond acceptors (Lipinski definition) is 4. The number of likely N-dealkylation sites (tertiary alicyclic amines) is 1. The number of nitrogens with zero attached hydrogens (tertiary/aromatic N) is 3. The summed E-state index contributed by atoms with van der Waals surface area (Å²) in [5, 5.41) is 12.0. The van der Waals surface area contributed by atoms with Gasteiger partial charge in [-0.1, -0.05) is 26.0 Å². The zero-order valence-corrected chi connectivity index (χ0v) is 16.0. The van der Waals surface area contributed by atoms with E-state index in [0.717, 1.165) is 43.6 Å². The highest BCUT2D eigenvalue weighted by Crippen LogP contribution is 2.24. The van der Waals surface area contributed by atoms with Crippen molar-refractivity contribution in [2.45, 2.75) is 26.7 Å². The zero-order chi connectivity index (χ0) is 19.2. The Kier molecular flexibility index (Phi) is 6.20. The van der Waals surface area contributed by atoms with Crippen LogP contribution in [-0.2, 0) is 4.79 Å². The lowest BCUT2D eigenvalue weighted by Gasteiger charge is -2.32. The van der Waals surface area contributed by atoms with Crippen molar-refractivity contribution < 1.29 is 4.79 Å². The van der Waals surface area contributed by atoms with Gasteiger partial charge >= 0.3 is 0 Å². The molecule has 0 radical (unpaired) electrons. The number of carbonyl (C=O) groups excluding carboxylic acids is 1. The van der Waals surface area contributed by atoms with Crippen LogP contribution in [0.5, 0.6) is 0 Å². The number of nitriles is 1. The molecule has 0 saturated carbocycles. The van der Waals surface area contributed by atoms with Crippen molar-refractivity contribution in [3.05, 3.63) is 48.2 Å². The van der Waals surface area contributed by atoms with E-state index in [2.05, 4.69) is 35.1 Å². The molecule has 0 bridgehead atoms. The van der Waals surface area contributed by atoms with E-state index < -0.39 is 0 Å². The molecule has 1 aliphatic heterocycles. The van der Waals surface area contributed by atoms with Crippen molar-refractivity contribution >= 4 is 11.7 Å². The first kappa shape index (κ1) is 19.1. The molecule has 0 unspecified atom stereocenters. The van der Waals surface area contributed by atoms with Gasteiger partial charge in [0.15, 0.2) is 0 Å². The minimum Gasteiger partial charge on any atom is -0.310 e. The highest BCUT2D eigenvalue weighted by molar-refractivity contribution is 5.92. The first-order chi connectivity index (χ1) is 13.0. The maximum atomic E-state index is 12.6. The molecule has 27 heavy (non-hydrogen) atoms. The fourth-order valence-electron chi connectivity index (χ4n) is 3.57. The van der Waals surface area contributed by atoms with Gasteiger partial charge in [0.25, 0.3) is 0 Å². The smallest absolute Gasteiger partial charge is 0.228 e. The second-order valence-electron chi connectivity index (χ2n) is 7.58. The van der Waals surface area contributed by atoms with Crippen molar-refractivity contribution in [1.82, 2.24) is 9.88 Å². The van der Waals surface area contributed by atoms with Gasteiger partial charge in [0.2, 0.25) is 5.91 Å². The summed E-state index contributed by atoms with van der Waals surface area (Å²) in [4.78, 5) is 19.4. The van der Waals surface area contributed by atoms with Crippen molar-refractivity contribution in [3.63, 3.8) is 0 Å². The van der Waals surface area contributed by atoms with Gasteiger partial charge in [0.1, 0.15) is 5.82 Å². The predicted octanol–water partition coefficient (Wildman–Crippen LogP) is 3.93. The van der Waals surface area contributed by atoms with Crippen LogP contribution in [0.4, 0.5) is 5.82 Å². The van der Waals surface area contributed by atoms with Crippen LogP contribution in [0.3, 0.4) is 0 Å². The Bertz CT molecular complexity index is 832.